The number of hydrogen-bond acceptors (Lipinski definition) is 6. The van der Waals surface area contributed by atoms with E-state index in [1.807, 2.05) is 31.2 Å². The van der Waals surface area contributed by atoms with Crippen molar-refractivity contribution in [1.82, 2.24) is 0 Å². The molecule has 26 heavy (non-hydrogen) atoms. The number of fused-ring (bicyclic) bond motifs is 1. The number of ether oxygens (including phenoxy) is 4. The molecule has 0 fully saturated rings. The molecule has 0 aliphatic carbocycles. The highest BCUT2D eigenvalue weighted by atomic mass is 16.6. The van der Waals surface area contributed by atoms with E-state index in [1.165, 1.54) is 0 Å². The first kappa shape index (κ1) is 19.8. The maximum Gasteiger partial charge on any atom is 0.330 e. The summed E-state index contributed by atoms with van der Waals surface area (Å²) in [4.78, 5) is 10.8. The first-order valence-electron chi connectivity index (χ1n) is 8.42. The molecular weight excluding hydrogens is 336 g/mol. The average Bonchev–Trinajstić information content (AvgIpc) is 2.65. The fourth-order valence-corrected chi connectivity index (χ4v) is 2.44. The van der Waals surface area contributed by atoms with Crippen molar-refractivity contribution in [3.8, 4) is 11.5 Å². The van der Waals surface area contributed by atoms with Gasteiger partial charge in [0, 0.05) is 16.8 Å². The Morgan fingerprint density at radius 3 is 2.35 bits per heavy atom. The van der Waals surface area contributed by atoms with Crippen LogP contribution in [0.3, 0.4) is 0 Å². The van der Waals surface area contributed by atoms with Gasteiger partial charge in [0.05, 0.1) is 26.4 Å². The lowest BCUT2D eigenvalue weighted by atomic mass is 10.1. The molecule has 0 aromatic heterocycles. The van der Waals surface area contributed by atoms with Crippen molar-refractivity contribution < 1.29 is 28.8 Å². The van der Waals surface area contributed by atoms with E-state index < -0.39 is 5.97 Å². The molecule has 140 valence electrons. The topological polar surface area (TPSA) is 74.2 Å². The van der Waals surface area contributed by atoms with Crippen molar-refractivity contribution in [3.05, 3.63) is 48.6 Å². The molecule has 0 radical (unpaired) electrons. The molecule has 6 nitrogen and oxygen atoms in total. The molecule has 0 spiro atoms. The highest BCUT2D eigenvalue weighted by Crippen LogP contribution is 2.35. The van der Waals surface area contributed by atoms with Crippen molar-refractivity contribution in [2.45, 2.75) is 6.92 Å². The Balaban J connectivity index is 1.66. The van der Waals surface area contributed by atoms with Crippen molar-refractivity contribution in [3.63, 3.8) is 0 Å². The maximum atomic E-state index is 10.8. The average molecular weight is 360 g/mol. The van der Waals surface area contributed by atoms with Gasteiger partial charge in [-0.25, -0.2) is 4.79 Å². The number of benzene rings is 2. The van der Waals surface area contributed by atoms with Gasteiger partial charge in [0.15, 0.2) is 0 Å². The summed E-state index contributed by atoms with van der Waals surface area (Å²) in [6, 6.07) is 9.27. The Bertz CT molecular complexity index is 740. The summed E-state index contributed by atoms with van der Waals surface area (Å²) in [5.41, 5.74) is 0.874. The fraction of sp³-hybridized carbons (Fsp3) is 0.350. The number of phenols is 1. The van der Waals surface area contributed by atoms with Crippen LogP contribution in [-0.2, 0) is 19.0 Å². The smallest absolute Gasteiger partial charge is 0.330 e. The second-order valence-electron chi connectivity index (χ2n) is 5.53. The van der Waals surface area contributed by atoms with E-state index in [4.69, 9.17) is 18.9 Å². The second-order valence-corrected chi connectivity index (χ2v) is 5.53. The molecule has 0 aliphatic heterocycles. The van der Waals surface area contributed by atoms with Crippen molar-refractivity contribution in [1.29, 1.82) is 0 Å². The van der Waals surface area contributed by atoms with Crippen LogP contribution >= 0.6 is 0 Å². The predicted molar refractivity (Wildman–Crippen MR) is 98.6 cm³/mol. The predicted octanol–water partition coefficient (Wildman–Crippen LogP) is 3.00. The summed E-state index contributed by atoms with van der Waals surface area (Å²) in [5, 5.41) is 11.7. The van der Waals surface area contributed by atoms with E-state index >= 15 is 0 Å². The first-order valence-corrected chi connectivity index (χ1v) is 8.42. The normalized spacial score (nSPS) is 10.7. The van der Waals surface area contributed by atoms with Crippen molar-refractivity contribution >= 4 is 16.7 Å². The highest BCUT2D eigenvalue weighted by molar-refractivity contribution is 5.94. The molecular formula is C20H24O6. The SMILES string of the molecule is C=CC(=O)OCCOCCOCCOc1c(C)cc(O)c2ccccc12. The van der Waals surface area contributed by atoms with Crippen LogP contribution in [-0.4, -0.2) is 50.7 Å². The summed E-state index contributed by atoms with van der Waals surface area (Å²) >= 11 is 0. The van der Waals surface area contributed by atoms with Crippen LogP contribution < -0.4 is 4.74 Å². The maximum absolute atomic E-state index is 10.8. The van der Waals surface area contributed by atoms with E-state index in [1.54, 1.807) is 6.07 Å². The zero-order valence-electron chi connectivity index (χ0n) is 14.9. The Labute approximate surface area is 152 Å². The standard InChI is InChI=1S/C20H24O6/c1-3-19(22)25-12-10-23-8-9-24-11-13-26-20-15(2)14-18(21)16-6-4-5-7-17(16)20/h3-7,14,21H,1,8-13H2,2H3. The molecule has 2 aromatic carbocycles. The third kappa shape index (κ3) is 5.75. The Morgan fingerprint density at radius 2 is 1.65 bits per heavy atom. The number of carbonyl (C=O) groups is 1. The van der Waals surface area contributed by atoms with Crippen LogP contribution in [0, 0.1) is 6.92 Å². The molecule has 0 aliphatic rings. The lowest BCUT2D eigenvalue weighted by Gasteiger charge is -2.13. The Hall–Kier alpha value is -2.57. The van der Waals surface area contributed by atoms with Gasteiger partial charge >= 0.3 is 5.97 Å². The van der Waals surface area contributed by atoms with Gasteiger partial charge in [-0.3, -0.25) is 0 Å². The molecule has 0 saturated heterocycles. The monoisotopic (exact) mass is 360 g/mol. The molecule has 0 atom stereocenters. The lowest BCUT2D eigenvalue weighted by molar-refractivity contribution is -0.139. The zero-order chi connectivity index (χ0) is 18.8. The third-order valence-electron chi connectivity index (χ3n) is 3.64. The minimum Gasteiger partial charge on any atom is -0.507 e. The van der Waals surface area contributed by atoms with Crippen LogP contribution in [0.1, 0.15) is 5.56 Å². The number of rotatable bonds is 11. The Morgan fingerprint density at radius 1 is 1.04 bits per heavy atom. The number of aryl methyl sites for hydroxylation is 1. The minimum atomic E-state index is -0.459. The highest BCUT2D eigenvalue weighted by Gasteiger charge is 2.09. The van der Waals surface area contributed by atoms with Gasteiger partial charge in [0.2, 0.25) is 0 Å². The van der Waals surface area contributed by atoms with Crippen LogP contribution in [0.5, 0.6) is 11.5 Å². The van der Waals surface area contributed by atoms with Crippen LogP contribution in [0.2, 0.25) is 0 Å². The molecule has 0 heterocycles. The van der Waals surface area contributed by atoms with E-state index in [0.29, 0.717) is 33.0 Å². The van der Waals surface area contributed by atoms with Crippen LogP contribution in [0.15, 0.2) is 43.0 Å². The number of esters is 1. The molecule has 0 amide bonds. The van der Waals surface area contributed by atoms with E-state index in [-0.39, 0.29) is 12.4 Å². The molecule has 2 rings (SSSR count). The zero-order valence-corrected chi connectivity index (χ0v) is 14.9. The number of carbonyl (C=O) groups excluding carboxylic acids is 1. The van der Waals surface area contributed by atoms with Gasteiger partial charge in [0.25, 0.3) is 0 Å². The minimum absolute atomic E-state index is 0.196. The van der Waals surface area contributed by atoms with Gasteiger partial charge in [0.1, 0.15) is 24.7 Å². The number of aromatic hydroxyl groups is 1. The van der Waals surface area contributed by atoms with Crippen molar-refractivity contribution in [2.24, 2.45) is 0 Å². The fourth-order valence-electron chi connectivity index (χ4n) is 2.44. The number of phenolic OH excluding ortho intramolecular Hbond substituents is 1. The molecule has 0 saturated carbocycles. The van der Waals surface area contributed by atoms with Crippen LogP contribution in [0.25, 0.3) is 10.8 Å². The van der Waals surface area contributed by atoms with Gasteiger partial charge < -0.3 is 24.1 Å². The summed E-state index contributed by atoms with van der Waals surface area (Å²) in [6.45, 7) is 7.37. The second kappa shape index (κ2) is 10.4. The van der Waals surface area contributed by atoms with Gasteiger partial charge in [-0.05, 0) is 18.6 Å². The van der Waals surface area contributed by atoms with Crippen LogP contribution in [0.4, 0.5) is 0 Å². The van der Waals surface area contributed by atoms with E-state index in [2.05, 4.69) is 6.58 Å². The molecule has 2 aromatic rings. The molecule has 0 unspecified atom stereocenters. The number of hydrogen-bond donors (Lipinski definition) is 1. The van der Waals surface area contributed by atoms with Gasteiger partial charge in [-0.15, -0.1) is 0 Å². The first-order chi connectivity index (χ1) is 12.6. The quantitative estimate of drug-likeness (QED) is 0.377. The Kier molecular flexibility index (Phi) is 7.92. The lowest BCUT2D eigenvalue weighted by Crippen LogP contribution is -2.14. The summed E-state index contributed by atoms with van der Waals surface area (Å²) in [6.07, 6.45) is 1.11. The third-order valence-corrected chi connectivity index (χ3v) is 3.64. The van der Waals surface area contributed by atoms with Crippen molar-refractivity contribution in [2.75, 3.05) is 39.6 Å². The molecule has 1 N–H and O–H groups in total. The van der Waals surface area contributed by atoms with E-state index in [0.717, 1.165) is 28.2 Å². The molecule has 6 heteroatoms. The van der Waals surface area contributed by atoms with Gasteiger partial charge in [-0.2, -0.15) is 0 Å². The summed E-state index contributed by atoms with van der Waals surface area (Å²) in [5.74, 6) is 0.541. The van der Waals surface area contributed by atoms with Gasteiger partial charge in [-0.1, -0.05) is 30.8 Å². The largest absolute Gasteiger partial charge is 0.507 e. The molecule has 0 bridgehead atoms. The summed E-state index contributed by atoms with van der Waals surface area (Å²) in [7, 11) is 0. The van der Waals surface area contributed by atoms with E-state index in [9.17, 15) is 9.90 Å². The summed E-state index contributed by atoms with van der Waals surface area (Å²) < 4.78 is 21.4.